The Kier molecular flexibility index (Phi) is 7.61. The fourth-order valence-corrected chi connectivity index (χ4v) is 9.62. The highest BCUT2D eigenvalue weighted by Crippen LogP contribution is 2.31. The van der Waals surface area contributed by atoms with E-state index in [9.17, 15) is 0 Å². The van der Waals surface area contributed by atoms with Crippen LogP contribution in [0.4, 0.5) is 0 Å². The van der Waals surface area contributed by atoms with Crippen LogP contribution in [0.15, 0.2) is 0 Å². The van der Waals surface area contributed by atoms with E-state index >= 15 is 0 Å². The summed E-state index contributed by atoms with van der Waals surface area (Å²) in [6.07, 6.45) is 0. The summed E-state index contributed by atoms with van der Waals surface area (Å²) in [6, 6.07) is 4.10. The third-order valence-corrected chi connectivity index (χ3v) is 8.64. The minimum Gasteiger partial charge on any atom is -0.127 e. The maximum absolute atomic E-state index is 3.64. The van der Waals surface area contributed by atoms with Gasteiger partial charge in [-0.2, -0.15) is 0 Å². The summed E-state index contributed by atoms with van der Waals surface area (Å²) in [6.45, 7) is 14.0. The summed E-state index contributed by atoms with van der Waals surface area (Å²) >= 11 is 0. The normalized spacial score (nSPS) is 12.1. The molecule has 0 heterocycles. The summed E-state index contributed by atoms with van der Waals surface area (Å²) in [4.78, 5) is 0. The topological polar surface area (TPSA) is 0 Å². The molecule has 2 heteroatoms. The molecule has 0 aliphatic heterocycles. The summed E-state index contributed by atoms with van der Waals surface area (Å²) in [5.74, 6) is 2.36. The summed E-state index contributed by atoms with van der Waals surface area (Å²) < 4.78 is 0. The van der Waals surface area contributed by atoms with Gasteiger partial charge in [-0.05, 0) is 35.9 Å². The number of rotatable bonds is 6. The molecule has 0 fully saturated rings. The highest BCUT2D eigenvalue weighted by atomic mass is 31.0. The maximum Gasteiger partial charge on any atom is 0.139 e. The molecule has 0 aromatic heterocycles. The Hall–Kier alpha value is 0.207. The molecular weight excluding hydrogens is 227 g/mol. The van der Waals surface area contributed by atoms with Gasteiger partial charge in [-0.3, -0.25) is 0 Å². The average molecular weight is 256 g/mol. The van der Waals surface area contributed by atoms with E-state index in [2.05, 4.69) is 62.0 Å². The Morgan fingerprint density at radius 2 is 1.12 bits per heavy atom. The van der Waals surface area contributed by atoms with Gasteiger partial charge in [-0.25, -0.2) is 0 Å². The molecule has 0 amide bonds. The molecule has 0 aromatic rings. The first-order valence-electron chi connectivity index (χ1n) is 6.54. The van der Waals surface area contributed by atoms with Crippen molar-refractivity contribution in [1.29, 1.82) is 0 Å². The van der Waals surface area contributed by atoms with Crippen LogP contribution in [0.25, 0.3) is 0 Å². The van der Waals surface area contributed by atoms with E-state index in [0.29, 0.717) is 0 Å². The van der Waals surface area contributed by atoms with Crippen molar-refractivity contribution in [3.8, 4) is 11.2 Å². The Labute approximate surface area is 106 Å². The van der Waals surface area contributed by atoms with E-state index in [4.69, 9.17) is 0 Å². The Bertz CT molecular complexity index is 219. The zero-order valence-electron chi connectivity index (χ0n) is 11.9. The van der Waals surface area contributed by atoms with Gasteiger partial charge in [0.2, 0.25) is 0 Å². The van der Waals surface area contributed by atoms with Gasteiger partial charge in [-0.15, -0.1) is 5.54 Å². The van der Waals surface area contributed by atoms with Crippen LogP contribution in [0.3, 0.4) is 0 Å². The van der Waals surface area contributed by atoms with E-state index in [1.165, 1.54) is 18.1 Å². The quantitative estimate of drug-likeness (QED) is 0.364. The van der Waals surface area contributed by atoms with Crippen LogP contribution >= 0.6 is 9.24 Å². The lowest BCUT2D eigenvalue weighted by Crippen LogP contribution is -2.37. The minimum atomic E-state index is -1.37. The van der Waals surface area contributed by atoms with Crippen molar-refractivity contribution in [2.24, 2.45) is 17.8 Å². The highest BCUT2D eigenvalue weighted by molar-refractivity contribution is 7.23. The van der Waals surface area contributed by atoms with Gasteiger partial charge in [0.15, 0.2) is 0 Å². The Balaban J connectivity index is 4.93. The molecule has 1 unspecified atom stereocenters. The third kappa shape index (κ3) is 6.72. The standard InChI is InChI=1S/C14H29PSi/c1-12(2)9-16(8-7-15,10-13(3)4)11-14(5)6/h12-14H,9-11,15H2,1-6H3. The SMILES string of the molecule is CC(C)C[Si](C#CP)(CC(C)C)CC(C)C. The lowest BCUT2D eigenvalue weighted by atomic mass is 10.2. The summed E-state index contributed by atoms with van der Waals surface area (Å²) in [5.41, 5.74) is 6.80. The summed E-state index contributed by atoms with van der Waals surface area (Å²) in [7, 11) is 1.23. The van der Waals surface area contributed by atoms with Gasteiger partial charge in [0.25, 0.3) is 0 Å². The second-order valence-electron chi connectivity index (χ2n) is 6.34. The summed E-state index contributed by atoms with van der Waals surface area (Å²) in [5, 5.41) is 0. The molecule has 0 saturated heterocycles. The molecule has 0 aliphatic rings. The van der Waals surface area contributed by atoms with Gasteiger partial charge in [0.1, 0.15) is 8.07 Å². The predicted molar refractivity (Wildman–Crippen MR) is 82.2 cm³/mol. The first kappa shape index (κ1) is 16.2. The number of hydrogen-bond donors (Lipinski definition) is 0. The van der Waals surface area contributed by atoms with Crippen LogP contribution in [0.1, 0.15) is 41.5 Å². The molecule has 1 atom stereocenters. The predicted octanol–water partition coefficient (Wildman–Crippen LogP) is 4.78. The van der Waals surface area contributed by atoms with Crippen molar-refractivity contribution < 1.29 is 0 Å². The first-order valence-corrected chi connectivity index (χ1v) is 9.74. The lowest BCUT2D eigenvalue weighted by Gasteiger charge is -2.31. The van der Waals surface area contributed by atoms with Crippen molar-refractivity contribution in [3.63, 3.8) is 0 Å². The molecule has 0 N–H and O–H groups in total. The molecule has 0 spiro atoms. The molecule has 0 aliphatic carbocycles. The third-order valence-electron chi connectivity index (χ3n) is 2.73. The first-order chi connectivity index (χ1) is 7.31. The van der Waals surface area contributed by atoms with Gasteiger partial charge < -0.3 is 0 Å². The Morgan fingerprint density at radius 1 is 0.812 bits per heavy atom. The van der Waals surface area contributed by atoms with E-state index in [1.54, 1.807) is 0 Å². The molecule has 0 aromatic carbocycles. The van der Waals surface area contributed by atoms with Crippen LogP contribution < -0.4 is 0 Å². The maximum atomic E-state index is 3.64. The monoisotopic (exact) mass is 256 g/mol. The molecule has 16 heavy (non-hydrogen) atoms. The van der Waals surface area contributed by atoms with Crippen molar-refractivity contribution in [2.75, 3.05) is 0 Å². The van der Waals surface area contributed by atoms with Gasteiger partial charge in [0, 0.05) is 0 Å². The number of hydrogen-bond acceptors (Lipinski definition) is 0. The fourth-order valence-electron chi connectivity index (χ4n) is 2.90. The highest BCUT2D eigenvalue weighted by Gasteiger charge is 2.33. The minimum absolute atomic E-state index is 0.787. The van der Waals surface area contributed by atoms with Crippen LogP contribution in [-0.4, -0.2) is 8.07 Å². The molecular formula is C14H29PSi. The fraction of sp³-hybridized carbons (Fsp3) is 0.857. The molecule has 94 valence electrons. The van der Waals surface area contributed by atoms with Crippen molar-refractivity contribution in [1.82, 2.24) is 0 Å². The largest absolute Gasteiger partial charge is 0.139 e. The zero-order chi connectivity index (χ0) is 12.8. The van der Waals surface area contributed by atoms with E-state index in [1.807, 2.05) is 0 Å². The van der Waals surface area contributed by atoms with Gasteiger partial charge >= 0.3 is 0 Å². The van der Waals surface area contributed by atoms with Crippen LogP contribution in [0.5, 0.6) is 0 Å². The zero-order valence-corrected chi connectivity index (χ0v) is 14.1. The smallest absolute Gasteiger partial charge is 0.127 e. The van der Waals surface area contributed by atoms with Crippen LogP contribution in [-0.2, 0) is 0 Å². The van der Waals surface area contributed by atoms with E-state index < -0.39 is 8.07 Å². The second kappa shape index (κ2) is 7.52. The van der Waals surface area contributed by atoms with Gasteiger partial charge in [-0.1, -0.05) is 56.4 Å². The van der Waals surface area contributed by atoms with Crippen molar-refractivity contribution >= 4 is 17.3 Å². The second-order valence-corrected chi connectivity index (χ2v) is 10.7. The van der Waals surface area contributed by atoms with Crippen molar-refractivity contribution in [3.05, 3.63) is 0 Å². The molecule has 0 saturated carbocycles. The van der Waals surface area contributed by atoms with E-state index in [-0.39, 0.29) is 0 Å². The molecule has 0 radical (unpaired) electrons. The lowest BCUT2D eigenvalue weighted by molar-refractivity contribution is 0.650. The molecule has 0 nitrogen and oxygen atoms in total. The average Bonchev–Trinajstić information content (AvgIpc) is 1.98. The molecule has 0 rings (SSSR count). The van der Waals surface area contributed by atoms with Crippen molar-refractivity contribution in [2.45, 2.75) is 59.7 Å². The van der Waals surface area contributed by atoms with Gasteiger partial charge in [0.05, 0.1) is 0 Å². The Morgan fingerprint density at radius 3 is 1.31 bits per heavy atom. The van der Waals surface area contributed by atoms with Crippen LogP contribution in [0.2, 0.25) is 18.1 Å². The molecule has 0 bridgehead atoms. The van der Waals surface area contributed by atoms with Crippen LogP contribution in [0, 0.1) is 29.0 Å². The van der Waals surface area contributed by atoms with E-state index in [0.717, 1.165) is 17.8 Å².